The van der Waals surface area contributed by atoms with E-state index in [-0.39, 0.29) is 6.10 Å². The smallest absolute Gasteiger partial charge is 0.328 e. The molecule has 2 N–H and O–H groups in total. The van der Waals surface area contributed by atoms with Crippen molar-refractivity contribution in [1.29, 1.82) is 0 Å². The molecule has 0 spiro atoms. The van der Waals surface area contributed by atoms with Gasteiger partial charge in [0, 0.05) is 36.7 Å². The Bertz CT molecular complexity index is 934. The monoisotopic (exact) mass is 503 g/mol. The number of pyridine rings is 1. The van der Waals surface area contributed by atoms with Gasteiger partial charge in [0.15, 0.2) is 5.17 Å². The van der Waals surface area contributed by atoms with Crippen molar-refractivity contribution < 1.29 is 29.4 Å². The van der Waals surface area contributed by atoms with Gasteiger partial charge >= 0.3 is 11.9 Å². The van der Waals surface area contributed by atoms with E-state index in [9.17, 15) is 9.59 Å². The first kappa shape index (κ1) is 28.0. The molecule has 2 heterocycles. The molecule has 35 heavy (non-hydrogen) atoms. The molecule has 0 bridgehead atoms. The van der Waals surface area contributed by atoms with E-state index < -0.39 is 11.9 Å². The number of piperidine rings is 1. The van der Waals surface area contributed by atoms with E-state index in [1.807, 2.05) is 30.3 Å². The van der Waals surface area contributed by atoms with Crippen LogP contribution in [0.15, 0.2) is 72.2 Å². The number of carboxylic acid groups (broad SMARTS) is 2. The zero-order valence-corrected chi connectivity index (χ0v) is 20.1. The second-order valence-corrected chi connectivity index (χ2v) is 8.07. The van der Waals surface area contributed by atoms with Gasteiger partial charge in [-0.15, -0.1) is 0 Å². The number of carboxylic acids is 2. The van der Waals surface area contributed by atoms with Crippen molar-refractivity contribution in [3.63, 3.8) is 0 Å². The number of hydrogen-bond acceptors (Lipinski definition) is 7. The standard InChI is InChI=1S/C21H26ClN3O2.C4H4O4/c22-21(19-10-7-11-23-14-19)24-27-17-20(15-25-12-5-2-6-13-25)26-16-18-8-3-1-4-9-18;5-3(6)1-2-4(7)8/h1,3-4,7-11,14,20H,2,5-6,12-13,15-17H2;1-2H,(H,5,6)(H,7,8)/b24-21-;. The number of carbonyl (C=O) groups is 2. The van der Waals surface area contributed by atoms with Crippen molar-refractivity contribution in [2.24, 2.45) is 5.16 Å². The summed E-state index contributed by atoms with van der Waals surface area (Å²) in [5.74, 6) is -2.51. The van der Waals surface area contributed by atoms with Crippen molar-refractivity contribution in [1.82, 2.24) is 9.88 Å². The Morgan fingerprint density at radius 2 is 1.74 bits per heavy atom. The van der Waals surface area contributed by atoms with E-state index in [0.29, 0.717) is 30.5 Å². The van der Waals surface area contributed by atoms with Crippen molar-refractivity contribution in [3.05, 3.63) is 78.1 Å². The van der Waals surface area contributed by atoms with Gasteiger partial charge in [0.1, 0.15) is 12.7 Å². The summed E-state index contributed by atoms with van der Waals surface area (Å²) in [6.45, 7) is 3.99. The van der Waals surface area contributed by atoms with Gasteiger partial charge in [-0.05, 0) is 43.6 Å². The molecule has 0 radical (unpaired) electrons. The first-order chi connectivity index (χ1) is 16.9. The van der Waals surface area contributed by atoms with Crippen LogP contribution in [0.1, 0.15) is 30.4 Å². The van der Waals surface area contributed by atoms with Crippen molar-refractivity contribution in [2.75, 3.05) is 26.2 Å². The molecule has 188 valence electrons. The fraction of sp³-hybridized carbons (Fsp3) is 0.360. The van der Waals surface area contributed by atoms with Gasteiger partial charge in [-0.1, -0.05) is 53.5 Å². The van der Waals surface area contributed by atoms with Gasteiger partial charge in [0.2, 0.25) is 0 Å². The third-order valence-corrected chi connectivity index (χ3v) is 5.20. The minimum absolute atomic E-state index is 0.0644. The summed E-state index contributed by atoms with van der Waals surface area (Å²) >= 11 is 6.19. The number of likely N-dealkylation sites (tertiary alicyclic amines) is 1. The van der Waals surface area contributed by atoms with Crippen LogP contribution < -0.4 is 0 Å². The number of aromatic nitrogens is 1. The highest BCUT2D eigenvalue weighted by molar-refractivity contribution is 6.69. The number of halogens is 1. The van der Waals surface area contributed by atoms with Gasteiger partial charge in [-0.2, -0.15) is 0 Å². The van der Waals surface area contributed by atoms with Crippen LogP contribution in [0.2, 0.25) is 0 Å². The summed E-state index contributed by atoms with van der Waals surface area (Å²) in [4.78, 5) is 31.1. The summed E-state index contributed by atoms with van der Waals surface area (Å²) < 4.78 is 6.13. The highest BCUT2D eigenvalue weighted by Crippen LogP contribution is 2.12. The molecule has 1 aromatic heterocycles. The highest BCUT2D eigenvalue weighted by Gasteiger charge is 2.18. The first-order valence-corrected chi connectivity index (χ1v) is 11.6. The molecule has 1 saturated heterocycles. The molecule has 2 aromatic rings. The lowest BCUT2D eigenvalue weighted by molar-refractivity contribution is -0.134. The van der Waals surface area contributed by atoms with Crippen LogP contribution in [0, 0.1) is 0 Å². The zero-order valence-electron chi connectivity index (χ0n) is 19.3. The molecule has 10 heteroatoms. The maximum Gasteiger partial charge on any atom is 0.328 e. The molecule has 1 unspecified atom stereocenters. The SMILES string of the molecule is Cl/C(=N\OCC(CN1CCCCC1)OCc1ccccc1)c1cccnc1.O=C(O)C=CC(=O)O. The molecule has 1 aromatic carbocycles. The molecule has 1 fully saturated rings. The summed E-state index contributed by atoms with van der Waals surface area (Å²) in [5, 5.41) is 19.9. The number of aliphatic carboxylic acids is 2. The number of rotatable bonds is 11. The molecular formula is C25H30ClN3O6. The van der Waals surface area contributed by atoms with E-state index >= 15 is 0 Å². The largest absolute Gasteiger partial charge is 0.478 e. The van der Waals surface area contributed by atoms with Gasteiger partial charge in [-0.25, -0.2) is 9.59 Å². The second kappa shape index (κ2) is 16.4. The van der Waals surface area contributed by atoms with Gasteiger partial charge in [-0.3, -0.25) is 4.98 Å². The fourth-order valence-electron chi connectivity index (χ4n) is 3.23. The lowest BCUT2D eigenvalue weighted by atomic mass is 10.1. The predicted molar refractivity (Wildman–Crippen MR) is 132 cm³/mol. The number of benzene rings is 1. The summed E-state index contributed by atoms with van der Waals surface area (Å²) in [5.41, 5.74) is 1.88. The van der Waals surface area contributed by atoms with Gasteiger partial charge in [0.05, 0.1) is 6.61 Å². The van der Waals surface area contributed by atoms with Crippen LogP contribution in [0.5, 0.6) is 0 Å². The van der Waals surface area contributed by atoms with Gasteiger partial charge in [0.25, 0.3) is 0 Å². The van der Waals surface area contributed by atoms with Crippen LogP contribution in [0.3, 0.4) is 0 Å². The molecule has 1 aliphatic heterocycles. The lowest BCUT2D eigenvalue weighted by Gasteiger charge is -2.30. The maximum absolute atomic E-state index is 9.55. The van der Waals surface area contributed by atoms with Crippen molar-refractivity contribution in [2.45, 2.75) is 32.0 Å². The Morgan fingerprint density at radius 3 is 2.34 bits per heavy atom. The van der Waals surface area contributed by atoms with Crippen LogP contribution in [-0.2, 0) is 25.8 Å². The topological polar surface area (TPSA) is 122 Å². The minimum atomic E-state index is -1.26. The first-order valence-electron chi connectivity index (χ1n) is 11.2. The molecule has 0 saturated carbocycles. The quantitative estimate of drug-likeness (QED) is 0.270. The Balaban J connectivity index is 0.000000466. The number of ether oxygens (including phenoxy) is 1. The average molecular weight is 504 g/mol. The summed E-state index contributed by atoms with van der Waals surface area (Å²) in [6, 6.07) is 13.8. The normalized spacial score (nSPS) is 15.2. The van der Waals surface area contributed by atoms with Crippen LogP contribution in [-0.4, -0.2) is 69.6 Å². The molecular weight excluding hydrogens is 474 g/mol. The Kier molecular flexibility index (Phi) is 13.1. The maximum atomic E-state index is 9.55. The van der Waals surface area contributed by atoms with Crippen LogP contribution in [0.25, 0.3) is 0 Å². The Hall–Kier alpha value is -3.27. The van der Waals surface area contributed by atoms with Crippen molar-refractivity contribution >= 4 is 28.7 Å². The number of oxime groups is 1. The van der Waals surface area contributed by atoms with E-state index in [0.717, 1.165) is 30.8 Å². The highest BCUT2D eigenvalue weighted by atomic mass is 35.5. The molecule has 0 aliphatic carbocycles. The molecule has 9 nitrogen and oxygen atoms in total. The number of nitrogens with zero attached hydrogens (tertiary/aromatic N) is 3. The lowest BCUT2D eigenvalue weighted by Crippen LogP contribution is -2.39. The molecule has 1 aliphatic rings. The third kappa shape index (κ3) is 12.7. The van der Waals surface area contributed by atoms with Crippen molar-refractivity contribution in [3.8, 4) is 0 Å². The van der Waals surface area contributed by atoms with Crippen LogP contribution >= 0.6 is 11.6 Å². The number of hydrogen-bond donors (Lipinski definition) is 2. The van der Waals surface area contributed by atoms with Crippen LogP contribution in [0.4, 0.5) is 0 Å². The Labute approximate surface area is 209 Å². The summed E-state index contributed by atoms with van der Waals surface area (Å²) in [6.07, 6.45) is 8.21. The second-order valence-electron chi connectivity index (χ2n) is 7.71. The van der Waals surface area contributed by atoms with E-state index in [4.69, 9.17) is 31.4 Å². The molecule has 0 amide bonds. The van der Waals surface area contributed by atoms with E-state index in [1.54, 1.807) is 12.4 Å². The zero-order chi connectivity index (χ0) is 25.3. The minimum Gasteiger partial charge on any atom is -0.478 e. The van der Waals surface area contributed by atoms with Gasteiger partial charge < -0.3 is 24.7 Å². The third-order valence-electron chi connectivity index (χ3n) is 4.91. The molecule has 1 atom stereocenters. The Morgan fingerprint density at radius 1 is 1.06 bits per heavy atom. The average Bonchev–Trinajstić information content (AvgIpc) is 2.88. The predicted octanol–water partition coefficient (Wildman–Crippen LogP) is 3.78. The fourth-order valence-corrected chi connectivity index (χ4v) is 3.39. The van der Waals surface area contributed by atoms with E-state index in [2.05, 4.69) is 27.2 Å². The molecule has 3 rings (SSSR count). The summed E-state index contributed by atoms with van der Waals surface area (Å²) in [7, 11) is 0. The van der Waals surface area contributed by atoms with E-state index in [1.165, 1.54) is 19.3 Å².